The maximum Gasteiger partial charge on any atom is 0.220 e. The molecule has 2 aromatic carbocycles. The quantitative estimate of drug-likeness (QED) is 0.380. The fourth-order valence-corrected chi connectivity index (χ4v) is 4.77. The Morgan fingerprint density at radius 2 is 1.82 bits per heavy atom. The van der Waals surface area contributed by atoms with Crippen molar-refractivity contribution in [3.8, 4) is 28.4 Å². The lowest BCUT2D eigenvalue weighted by Gasteiger charge is -2.19. The van der Waals surface area contributed by atoms with Crippen molar-refractivity contribution in [1.82, 2.24) is 10.6 Å². The third kappa shape index (κ3) is 6.57. The van der Waals surface area contributed by atoms with E-state index in [1.54, 1.807) is 33.5 Å². The van der Waals surface area contributed by atoms with Crippen molar-refractivity contribution in [1.29, 1.82) is 0 Å². The van der Waals surface area contributed by atoms with Crippen LogP contribution in [-0.4, -0.2) is 45.7 Å². The van der Waals surface area contributed by atoms with Crippen molar-refractivity contribution >= 4 is 17.5 Å². The van der Waals surface area contributed by atoms with Crippen molar-refractivity contribution < 1.29 is 23.8 Å². The van der Waals surface area contributed by atoms with Crippen LogP contribution in [0, 0.1) is 0 Å². The minimum Gasteiger partial charge on any atom is -0.493 e. The average Bonchev–Trinajstić information content (AvgIpc) is 3.13. The summed E-state index contributed by atoms with van der Waals surface area (Å²) in [6.07, 6.45) is 3.06. The molecule has 0 bridgehead atoms. The Bertz CT molecular complexity index is 1230. The van der Waals surface area contributed by atoms with Gasteiger partial charge in [0, 0.05) is 31.5 Å². The Balaban J connectivity index is 2.03. The third-order valence-electron chi connectivity index (χ3n) is 6.83. The number of fused-ring (bicyclic) bond motifs is 3. The molecule has 9 heteroatoms. The van der Waals surface area contributed by atoms with Gasteiger partial charge in [0.15, 0.2) is 11.5 Å². The van der Waals surface area contributed by atoms with Gasteiger partial charge in [-0.15, -0.1) is 0 Å². The molecule has 1 aliphatic carbocycles. The lowest BCUT2D eigenvalue weighted by molar-refractivity contribution is -0.122. The van der Waals surface area contributed by atoms with Gasteiger partial charge in [-0.2, -0.15) is 0 Å². The number of nitrogens with one attached hydrogen (secondary N) is 3. The second-order valence-corrected chi connectivity index (χ2v) is 9.50. The second kappa shape index (κ2) is 13.2. The molecule has 0 aliphatic heterocycles. The highest BCUT2D eigenvalue weighted by Gasteiger charge is 2.29. The molecule has 0 fully saturated rings. The molecule has 0 radical (unpaired) electrons. The van der Waals surface area contributed by atoms with Crippen LogP contribution in [0.25, 0.3) is 11.1 Å². The van der Waals surface area contributed by atoms with Crippen LogP contribution in [0.2, 0.25) is 0 Å². The molecule has 2 atom stereocenters. The molecular formula is C29H39N3O6. The monoisotopic (exact) mass is 525 g/mol. The molecule has 0 spiro atoms. The van der Waals surface area contributed by atoms with Crippen molar-refractivity contribution in [3.63, 3.8) is 0 Å². The zero-order valence-corrected chi connectivity index (χ0v) is 23.2. The smallest absolute Gasteiger partial charge is 0.220 e. The van der Waals surface area contributed by atoms with Gasteiger partial charge >= 0.3 is 0 Å². The van der Waals surface area contributed by atoms with Crippen LogP contribution < -0.4 is 35.6 Å². The van der Waals surface area contributed by atoms with E-state index in [0.717, 1.165) is 23.1 Å². The first-order valence-electron chi connectivity index (χ1n) is 13.0. The van der Waals surface area contributed by atoms with Gasteiger partial charge in [-0.3, -0.25) is 14.4 Å². The van der Waals surface area contributed by atoms with Gasteiger partial charge < -0.3 is 30.2 Å². The third-order valence-corrected chi connectivity index (χ3v) is 6.83. The molecular weight excluding hydrogens is 486 g/mol. The fourth-order valence-electron chi connectivity index (χ4n) is 4.77. The van der Waals surface area contributed by atoms with E-state index in [9.17, 15) is 14.4 Å². The number of carbonyl (C=O) groups excluding carboxylic acids is 2. The number of benzene rings is 1. The number of aryl methyl sites for hydroxylation is 1. The van der Waals surface area contributed by atoms with Crippen molar-refractivity contribution in [2.24, 2.45) is 0 Å². The van der Waals surface area contributed by atoms with E-state index in [4.69, 9.17) is 14.2 Å². The summed E-state index contributed by atoms with van der Waals surface area (Å²) in [5, 5.41) is 9.15. The number of ether oxygens (including phenoxy) is 3. The highest BCUT2D eigenvalue weighted by atomic mass is 16.5. The summed E-state index contributed by atoms with van der Waals surface area (Å²) in [6, 6.07) is 6.90. The number of hydrogen-bond donors (Lipinski definition) is 3. The van der Waals surface area contributed by atoms with E-state index in [1.807, 2.05) is 26.0 Å². The lowest BCUT2D eigenvalue weighted by atomic mass is 9.95. The van der Waals surface area contributed by atoms with E-state index in [0.29, 0.717) is 60.7 Å². The molecule has 0 aromatic heterocycles. The summed E-state index contributed by atoms with van der Waals surface area (Å²) < 4.78 is 17.0. The number of anilines is 1. The molecule has 9 nitrogen and oxygen atoms in total. The summed E-state index contributed by atoms with van der Waals surface area (Å²) in [7, 11) is 4.69. The van der Waals surface area contributed by atoms with Crippen LogP contribution in [-0.2, 0) is 16.0 Å². The minimum atomic E-state index is -0.367. The Morgan fingerprint density at radius 1 is 1.08 bits per heavy atom. The van der Waals surface area contributed by atoms with E-state index >= 15 is 0 Å². The molecule has 206 valence electrons. The second-order valence-electron chi connectivity index (χ2n) is 9.50. The Labute approximate surface area is 224 Å². The summed E-state index contributed by atoms with van der Waals surface area (Å²) in [4.78, 5) is 37.5. The highest BCUT2D eigenvalue weighted by Crippen LogP contribution is 2.50. The molecule has 0 unspecified atom stereocenters. The zero-order chi connectivity index (χ0) is 27.8. The van der Waals surface area contributed by atoms with Crippen molar-refractivity contribution in [3.05, 3.63) is 45.6 Å². The van der Waals surface area contributed by atoms with Crippen LogP contribution in [0.4, 0.5) is 5.69 Å². The predicted molar refractivity (Wildman–Crippen MR) is 148 cm³/mol. The van der Waals surface area contributed by atoms with Crippen molar-refractivity contribution in [2.45, 2.75) is 65.0 Å². The van der Waals surface area contributed by atoms with Gasteiger partial charge in [0.05, 0.1) is 33.1 Å². The number of carbonyl (C=O) groups is 2. The molecule has 1 aliphatic rings. The molecule has 2 amide bonds. The number of methoxy groups -OCH3 is 3. The zero-order valence-electron chi connectivity index (χ0n) is 23.2. The topological polar surface area (TPSA) is 115 Å². The molecule has 0 heterocycles. The minimum absolute atomic E-state index is 0.0000506. The Kier molecular flexibility index (Phi) is 9.98. The van der Waals surface area contributed by atoms with Crippen LogP contribution >= 0.6 is 0 Å². The molecule has 3 N–H and O–H groups in total. The maximum atomic E-state index is 13.3. The lowest BCUT2D eigenvalue weighted by Crippen LogP contribution is -2.32. The molecule has 38 heavy (non-hydrogen) atoms. The van der Waals surface area contributed by atoms with Gasteiger partial charge in [-0.25, -0.2) is 0 Å². The van der Waals surface area contributed by atoms with E-state index < -0.39 is 0 Å². The van der Waals surface area contributed by atoms with Crippen LogP contribution in [0.15, 0.2) is 29.1 Å². The van der Waals surface area contributed by atoms with Gasteiger partial charge in [-0.05, 0) is 67.5 Å². The summed E-state index contributed by atoms with van der Waals surface area (Å²) in [5.74, 6) is 1.34. The first-order valence-corrected chi connectivity index (χ1v) is 13.0. The predicted octanol–water partition coefficient (Wildman–Crippen LogP) is 3.97. The summed E-state index contributed by atoms with van der Waals surface area (Å²) in [6.45, 7) is 5.94. The van der Waals surface area contributed by atoms with E-state index in [-0.39, 0.29) is 29.3 Å². The van der Waals surface area contributed by atoms with Crippen LogP contribution in [0.3, 0.4) is 0 Å². The van der Waals surface area contributed by atoms with Crippen molar-refractivity contribution in [2.75, 3.05) is 33.2 Å². The highest BCUT2D eigenvalue weighted by molar-refractivity contribution is 5.83. The van der Waals surface area contributed by atoms with Gasteiger partial charge in [0.2, 0.25) is 23.0 Å². The Morgan fingerprint density at radius 3 is 2.45 bits per heavy atom. The van der Waals surface area contributed by atoms with Gasteiger partial charge in [-0.1, -0.05) is 13.0 Å². The molecule has 0 saturated carbocycles. The SMILES string of the molecule is CC[C@H](C)NC(=O)CCCNc1ccc2c(cc1=O)[C@H](NC(C)=O)CCc1cc(OC)c(OC)c(OC)c1-2. The molecule has 2 aromatic rings. The van der Waals surface area contributed by atoms with Crippen LogP contribution in [0.5, 0.6) is 17.2 Å². The van der Waals surface area contributed by atoms with E-state index in [1.165, 1.54) is 6.92 Å². The number of rotatable bonds is 11. The first-order chi connectivity index (χ1) is 18.2. The maximum absolute atomic E-state index is 13.3. The molecule has 0 saturated heterocycles. The molecule has 3 rings (SSSR count). The number of amides is 2. The van der Waals surface area contributed by atoms with Gasteiger partial charge in [0.1, 0.15) is 0 Å². The summed E-state index contributed by atoms with van der Waals surface area (Å²) >= 11 is 0. The average molecular weight is 526 g/mol. The number of hydrogen-bond acceptors (Lipinski definition) is 7. The van der Waals surface area contributed by atoms with E-state index in [2.05, 4.69) is 16.0 Å². The Hall–Kier alpha value is -3.75. The normalized spacial score (nSPS) is 14.7. The summed E-state index contributed by atoms with van der Waals surface area (Å²) in [5.41, 5.74) is 3.46. The largest absolute Gasteiger partial charge is 0.493 e. The standard InChI is InChI=1S/C29H39N3O6/c1-7-17(2)31-26(35)9-8-14-30-23-13-11-20-21(16-24(23)34)22(32-18(3)33)12-10-19-15-25(36-4)28(37-5)29(38-6)27(19)20/h11,13,15-17,22H,7-10,12,14H2,1-6H3,(H,30,34)(H,31,35)(H,32,33)/t17-,22+/m0/s1. The van der Waals surface area contributed by atoms with Gasteiger partial charge in [0.25, 0.3) is 0 Å². The van der Waals surface area contributed by atoms with Crippen LogP contribution in [0.1, 0.15) is 63.6 Å². The first kappa shape index (κ1) is 28.8. The fraction of sp³-hybridized carbons (Fsp3) is 0.483.